The smallest absolute Gasteiger partial charge is 0.345 e. The van der Waals surface area contributed by atoms with Crippen molar-refractivity contribution in [3.63, 3.8) is 0 Å². The summed E-state index contributed by atoms with van der Waals surface area (Å²) in [5, 5.41) is 1.63. The van der Waals surface area contributed by atoms with E-state index in [1.165, 1.54) is 13.1 Å². The molecule has 0 fully saturated rings. The Morgan fingerprint density at radius 1 is 1.00 bits per heavy atom. The first-order valence-electron chi connectivity index (χ1n) is 6.81. The van der Waals surface area contributed by atoms with Crippen LogP contribution >= 0.6 is 0 Å². The van der Waals surface area contributed by atoms with Crippen LogP contribution in [0.4, 0.5) is 0 Å². The average Bonchev–Trinajstić information content (AvgIpc) is 2.55. The molecule has 0 bridgehead atoms. The number of esters is 1. The van der Waals surface area contributed by atoms with Crippen LogP contribution in [0.15, 0.2) is 60.9 Å². The molecule has 0 unspecified atom stereocenters. The van der Waals surface area contributed by atoms with Crippen LogP contribution in [0.25, 0.3) is 10.8 Å². The molecule has 3 aromatic rings. The summed E-state index contributed by atoms with van der Waals surface area (Å²) in [5.41, 5.74) is 0.723. The highest BCUT2D eigenvalue weighted by Gasteiger charge is 2.17. The summed E-state index contributed by atoms with van der Waals surface area (Å²) in [7, 11) is 0. The summed E-state index contributed by atoms with van der Waals surface area (Å²) >= 11 is 0. The number of hydrogen-bond donors (Lipinski definition) is 0. The third-order valence-corrected chi connectivity index (χ3v) is 3.35. The molecule has 0 amide bonds. The van der Waals surface area contributed by atoms with Gasteiger partial charge in [0, 0.05) is 17.8 Å². The first kappa shape index (κ1) is 13.9. The number of nitrogens with zero attached hydrogens (tertiary/aromatic N) is 1. The van der Waals surface area contributed by atoms with E-state index < -0.39 is 5.97 Å². The van der Waals surface area contributed by atoms with E-state index in [0.29, 0.717) is 16.9 Å². The van der Waals surface area contributed by atoms with Crippen molar-refractivity contribution in [1.29, 1.82) is 0 Å². The predicted octanol–water partition coefficient (Wildman–Crippen LogP) is 3.66. The molecule has 22 heavy (non-hydrogen) atoms. The number of hydrogen-bond acceptors (Lipinski definition) is 4. The molecule has 1 heterocycles. The van der Waals surface area contributed by atoms with Gasteiger partial charge >= 0.3 is 5.97 Å². The maximum absolute atomic E-state index is 12.3. The summed E-state index contributed by atoms with van der Waals surface area (Å²) < 4.78 is 5.51. The lowest BCUT2D eigenvalue weighted by Crippen LogP contribution is -2.11. The molecule has 4 nitrogen and oxygen atoms in total. The lowest BCUT2D eigenvalue weighted by molar-refractivity contribution is 0.0735. The van der Waals surface area contributed by atoms with Gasteiger partial charge in [0.1, 0.15) is 5.75 Å². The monoisotopic (exact) mass is 291 g/mol. The van der Waals surface area contributed by atoms with E-state index in [2.05, 4.69) is 4.98 Å². The van der Waals surface area contributed by atoms with Crippen molar-refractivity contribution in [2.24, 2.45) is 0 Å². The Bertz CT molecular complexity index is 857. The van der Waals surface area contributed by atoms with Gasteiger partial charge in [0.15, 0.2) is 5.78 Å². The van der Waals surface area contributed by atoms with E-state index in [4.69, 9.17) is 4.74 Å². The maximum Gasteiger partial charge on any atom is 0.345 e. The standard InChI is InChI=1S/C18H13NO3/c1-12(20)15-9-8-13-5-2-3-7-16(13)17(15)22-18(21)14-6-4-10-19-11-14/h2-11H,1H3. The van der Waals surface area contributed by atoms with Crippen molar-refractivity contribution in [3.8, 4) is 5.75 Å². The molecule has 0 spiro atoms. The second-order valence-electron chi connectivity index (χ2n) is 4.85. The molecule has 0 aliphatic heterocycles. The highest BCUT2D eigenvalue weighted by Crippen LogP contribution is 2.31. The molecular weight excluding hydrogens is 278 g/mol. The summed E-state index contributed by atoms with van der Waals surface area (Å²) in [5.74, 6) is -0.397. The molecule has 1 aromatic heterocycles. The van der Waals surface area contributed by atoms with Crippen LogP contribution in [0.5, 0.6) is 5.75 Å². The maximum atomic E-state index is 12.3. The fourth-order valence-corrected chi connectivity index (χ4v) is 2.27. The molecule has 0 aliphatic carbocycles. The van der Waals surface area contributed by atoms with Crippen LogP contribution in [-0.2, 0) is 0 Å². The van der Waals surface area contributed by atoms with E-state index in [1.807, 2.05) is 30.3 Å². The zero-order chi connectivity index (χ0) is 15.5. The summed E-state index contributed by atoms with van der Waals surface area (Å²) in [6.07, 6.45) is 3.01. The van der Waals surface area contributed by atoms with Gasteiger partial charge in [0.25, 0.3) is 0 Å². The first-order chi connectivity index (χ1) is 10.7. The Morgan fingerprint density at radius 3 is 2.55 bits per heavy atom. The number of benzene rings is 2. The molecule has 0 N–H and O–H groups in total. The third kappa shape index (κ3) is 2.59. The summed E-state index contributed by atoms with van der Waals surface area (Å²) in [6, 6.07) is 14.3. The molecule has 0 saturated heterocycles. The molecule has 0 radical (unpaired) electrons. The molecule has 4 heteroatoms. The quantitative estimate of drug-likeness (QED) is 0.420. The SMILES string of the molecule is CC(=O)c1ccc2ccccc2c1OC(=O)c1cccnc1. The van der Waals surface area contributed by atoms with E-state index >= 15 is 0 Å². The van der Waals surface area contributed by atoms with Crippen molar-refractivity contribution >= 4 is 22.5 Å². The zero-order valence-corrected chi connectivity index (χ0v) is 11.9. The van der Waals surface area contributed by atoms with Gasteiger partial charge in [-0.05, 0) is 30.5 Å². The van der Waals surface area contributed by atoms with E-state index in [-0.39, 0.29) is 5.78 Å². The number of Topliss-reactive ketones (excluding diaryl/α,β-unsaturated/α-hetero) is 1. The number of ketones is 1. The molecule has 0 saturated carbocycles. The normalized spacial score (nSPS) is 10.4. The van der Waals surface area contributed by atoms with Crippen molar-refractivity contribution in [2.45, 2.75) is 6.92 Å². The second kappa shape index (κ2) is 5.77. The summed E-state index contributed by atoms with van der Waals surface area (Å²) in [4.78, 5) is 28.0. The Balaban J connectivity index is 2.10. The number of aromatic nitrogens is 1. The highest BCUT2D eigenvalue weighted by molar-refractivity contribution is 6.05. The fraction of sp³-hybridized carbons (Fsp3) is 0.0556. The van der Waals surface area contributed by atoms with Crippen molar-refractivity contribution < 1.29 is 14.3 Å². The zero-order valence-electron chi connectivity index (χ0n) is 11.9. The van der Waals surface area contributed by atoms with Crippen molar-refractivity contribution in [1.82, 2.24) is 4.98 Å². The number of fused-ring (bicyclic) bond motifs is 1. The number of carbonyl (C=O) groups excluding carboxylic acids is 2. The Morgan fingerprint density at radius 2 is 1.82 bits per heavy atom. The van der Waals surface area contributed by atoms with Gasteiger partial charge in [0.05, 0.1) is 11.1 Å². The van der Waals surface area contributed by atoms with E-state index in [1.54, 1.807) is 24.4 Å². The molecule has 0 aliphatic rings. The van der Waals surface area contributed by atoms with Gasteiger partial charge in [0.2, 0.25) is 0 Å². The third-order valence-electron chi connectivity index (χ3n) is 3.35. The number of carbonyl (C=O) groups is 2. The van der Waals surface area contributed by atoms with Gasteiger partial charge in [-0.1, -0.05) is 30.3 Å². The van der Waals surface area contributed by atoms with Crippen LogP contribution in [0, 0.1) is 0 Å². The van der Waals surface area contributed by atoms with Gasteiger partial charge in [-0.15, -0.1) is 0 Å². The van der Waals surface area contributed by atoms with Crippen LogP contribution in [0.1, 0.15) is 27.6 Å². The van der Waals surface area contributed by atoms with Crippen LogP contribution < -0.4 is 4.74 Å². The van der Waals surface area contributed by atoms with Crippen LogP contribution in [0.3, 0.4) is 0 Å². The van der Waals surface area contributed by atoms with Crippen LogP contribution in [0.2, 0.25) is 0 Å². The Hall–Kier alpha value is -3.01. The Kier molecular flexibility index (Phi) is 3.66. The van der Waals surface area contributed by atoms with E-state index in [0.717, 1.165) is 10.8 Å². The van der Waals surface area contributed by atoms with Crippen molar-refractivity contribution in [3.05, 3.63) is 72.1 Å². The lowest BCUT2D eigenvalue weighted by atomic mass is 10.0. The minimum atomic E-state index is -0.535. The largest absolute Gasteiger partial charge is 0.421 e. The lowest BCUT2D eigenvalue weighted by Gasteiger charge is -2.11. The first-order valence-corrected chi connectivity index (χ1v) is 6.81. The molecular formula is C18H13NO3. The molecule has 0 atom stereocenters. The van der Waals surface area contributed by atoms with Gasteiger partial charge < -0.3 is 4.74 Å². The highest BCUT2D eigenvalue weighted by atomic mass is 16.5. The summed E-state index contributed by atoms with van der Waals surface area (Å²) in [6.45, 7) is 1.45. The topological polar surface area (TPSA) is 56.3 Å². The minimum absolute atomic E-state index is 0.153. The van der Waals surface area contributed by atoms with Gasteiger partial charge in [-0.2, -0.15) is 0 Å². The van der Waals surface area contributed by atoms with Crippen molar-refractivity contribution in [2.75, 3.05) is 0 Å². The molecule has 2 aromatic carbocycles. The molecule has 3 rings (SSSR count). The average molecular weight is 291 g/mol. The predicted molar refractivity (Wildman–Crippen MR) is 83.1 cm³/mol. The fourth-order valence-electron chi connectivity index (χ4n) is 2.27. The van der Waals surface area contributed by atoms with Gasteiger partial charge in [-0.3, -0.25) is 9.78 Å². The van der Waals surface area contributed by atoms with Gasteiger partial charge in [-0.25, -0.2) is 4.79 Å². The van der Waals surface area contributed by atoms with Crippen LogP contribution in [-0.4, -0.2) is 16.7 Å². The van der Waals surface area contributed by atoms with E-state index in [9.17, 15) is 9.59 Å². The number of rotatable bonds is 3. The number of ether oxygens (including phenoxy) is 1. The number of pyridine rings is 1. The second-order valence-corrected chi connectivity index (χ2v) is 4.85. The minimum Gasteiger partial charge on any atom is -0.421 e. The Labute approximate surface area is 127 Å². The molecule has 108 valence electrons.